The molecule has 2 aromatic heterocycles. The fraction of sp³-hybridized carbons (Fsp3) is 0.412. The molecule has 1 fully saturated rings. The molecule has 1 N–H and O–H groups in total. The van der Waals surface area contributed by atoms with Crippen molar-refractivity contribution < 1.29 is 14.3 Å². The van der Waals surface area contributed by atoms with E-state index in [2.05, 4.69) is 15.4 Å². The Labute approximate surface area is 144 Å². The first-order valence-corrected chi connectivity index (χ1v) is 8.21. The lowest BCUT2D eigenvalue weighted by molar-refractivity contribution is 0.0745. The molecule has 0 saturated heterocycles. The second kappa shape index (κ2) is 5.87. The molecule has 0 bridgehead atoms. The minimum absolute atomic E-state index is 0.125. The van der Waals surface area contributed by atoms with Crippen molar-refractivity contribution in [3.8, 4) is 5.88 Å². The smallest absolute Gasteiger partial charge is 0.272 e. The van der Waals surface area contributed by atoms with Crippen molar-refractivity contribution in [2.75, 3.05) is 7.11 Å². The van der Waals surface area contributed by atoms with Crippen LogP contribution in [-0.2, 0) is 20.1 Å². The van der Waals surface area contributed by atoms with Gasteiger partial charge in [0, 0.05) is 30.9 Å². The average molecular weight is 341 g/mol. The highest BCUT2D eigenvalue weighted by Gasteiger charge is 2.34. The lowest BCUT2D eigenvalue weighted by Gasteiger charge is -2.16. The van der Waals surface area contributed by atoms with Crippen LogP contribution in [0.15, 0.2) is 18.3 Å². The quantitative estimate of drug-likeness (QED) is 0.891. The number of aromatic nitrogens is 3. The van der Waals surface area contributed by atoms with Gasteiger partial charge in [-0.05, 0) is 18.9 Å². The van der Waals surface area contributed by atoms with Gasteiger partial charge < -0.3 is 15.0 Å². The number of nitrogens with one attached hydrogen (secondary N) is 1. The van der Waals surface area contributed by atoms with E-state index < -0.39 is 0 Å². The summed E-state index contributed by atoms with van der Waals surface area (Å²) in [5.41, 5.74) is 2.64. The van der Waals surface area contributed by atoms with Crippen LogP contribution in [0.25, 0.3) is 0 Å². The normalized spacial score (nSPS) is 15.8. The lowest BCUT2D eigenvalue weighted by Crippen LogP contribution is -2.29. The van der Waals surface area contributed by atoms with Crippen LogP contribution in [-0.4, -0.2) is 44.6 Å². The molecule has 2 amide bonds. The van der Waals surface area contributed by atoms with Gasteiger partial charge in [0.15, 0.2) is 5.69 Å². The summed E-state index contributed by atoms with van der Waals surface area (Å²) in [6.07, 6.45) is 3.55. The fourth-order valence-corrected chi connectivity index (χ4v) is 3.01. The number of fused-ring (bicyclic) bond motifs is 1. The third-order valence-corrected chi connectivity index (χ3v) is 4.57. The predicted molar refractivity (Wildman–Crippen MR) is 88.1 cm³/mol. The summed E-state index contributed by atoms with van der Waals surface area (Å²) < 4.78 is 6.71. The zero-order chi connectivity index (χ0) is 17.6. The number of methoxy groups -OCH3 is 1. The number of carbonyl (C=O) groups is 2. The first-order valence-electron chi connectivity index (χ1n) is 8.21. The Kier molecular flexibility index (Phi) is 3.67. The summed E-state index contributed by atoms with van der Waals surface area (Å²) in [7, 11) is 3.33. The molecule has 0 aromatic carbocycles. The zero-order valence-corrected chi connectivity index (χ0v) is 14.2. The van der Waals surface area contributed by atoms with Gasteiger partial charge in [0.1, 0.15) is 0 Å². The SMILES string of the molecule is COc1ccc(C(=O)N2Cc3c(C(=O)NC4CC4)nn(C)c3C2)cn1. The van der Waals surface area contributed by atoms with E-state index >= 15 is 0 Å². The topological polar surface area (TPSA) is 89.4 Å². The van der Waals surface area contributed by atoms with E-state index in [-0.39, 0.29) is 17.9 Å². The van der Waals surface area contributed by atoms with Crippen LogP contribution in [0.4, 0.5) is 0 Å². The first kappa shape index (κ1) is 15.6. The number of rotatable bonds is 4. The summed E-state index contributed by atoms with van der Waals surface area (Å²) in [5.74, 6) is 0.184. The van der Waals surface area contributed by atoms with Crippen LogP contribution in [0, 0.1) is 0 Å². The highest BCUT2D eigenvalue weighted by molar-refractivity contribution is 5.96. The molecular weight excluding hydrogens is 322 g/mol. The van der Waals surface area contributed by atoms with E-state index in [1.807, 2.05) is 0 Å². The Hall–Kier alpha value is -2.90. The average Bonchev–Trinajstić information content (AvgIpc) is 3.23. The number of amides is 2. The van der Waals surface area contributed by atoms with Crippen molar-refractivity contribution in [2.24, 2.45) is 7.05 Å². The van der Waals surface area contributed by atoms with Crippen molar-refractivity contribution in [2.45, 2.75) is 32.0 Å². The molecule has 25 heavy (non-hydrogen) atoms. The predicted octanol–water partition coefficient (Wildman–Crippen LogP) is 0.872. The van der Waals surface area contributed by atoms with Gasteiger partial charge in [-0.2, -0.15) is 5.10 Å². The maximum atomic E-state index is 12.7. The van der Waals surface area contributed by atoms with Gasteiger partial charge in [-0.3, -0.25) is 14.3 Å². The Bertz CT molecular complexity index is 839. The van der Waals surface area contributed by atoms with Gasteiger partial charge in [0.05, 0.1) is 31.5 Å². The van der Waals surface area contributed by atoms with Crippen LogP contribution in [0.5, 0.6) is 5.88 Å². The lowest BCUT2D eigenvalue weighted by atomic mass is 10.2. The molecule has 0 atom stereocenters. The molecule has 2 aliphatic rings. The molecule has 2 aromatic rings. The fourth-order valence-electron chi connectivity index (χ4n) is 3.01. The first-order chi connectivity index (χ1) is 12.1. The van der Waals surface area contributed by atoms with Gasteiger partial charge in [0.2, 0.25) is 5.88 Å². The highest BCUT2D eigenvalue weighted by atomic mass is 16.5. The Morgan fingerprint density at radius 1 is 1.28 bits per heavy atom. The van der Waals surface area contributed by atoms with E-state index in [0.717, 1.165) is 24.1 Å². The molecule has 1 saturated carbocycles. The van der Waals surface area contributed by atoms with Crippen LogP contribution in [0.3, 0.4) is 0 Å². The number of hydrogen-bond donors (Lipinski definition) is 1. The molecule has 1 aliphatic carbocycles. The molecule has 3 heterocycles. The van der Waals surface area contributed by atoms with Gasteiger partial charge in [-0.15, -0.1) is 0 Å². The summed E-state index contributed by atoms with van der Waals surface area (Å²) in [6, 6.07) is 3.62. The van der Waals surface area contributed by atoms with Crippen LogP contribution in [0.1, 0.15) is 44.9 Å². The maximum Gasteiger partial charge on any atom is 0.272 e. The number of pyridine rings is 1. The molecule has 0 unspecified atom stereocenters. The molecule has 1 aliphatic heterocycles. The molecule has 8 nitrogen and oxygen atoms in total. The van der Waals surface area contributed by atoms with Crippen molar-refractivity contribution in [3.05, 3.63) is 40.8 Å². The van der Waals surface area contributed by atoms with Gasteiger partial charge >= 0.3 is 0 Å². The highest BCUT2D eigenvalue weighted by Crippen LogP contribution is 2.28. The molecule has 4 rings (SSSR count). The Morgan fingerprint density at radius 2 is 2.08 bits per heavy atom. The Balaban J connectivity index is 1.53. The molecule has 130 valence electrons. The van der Waals surface area contributed by atoms with Gasteiger partial charge in [0.25, 0.3) is 11.8 Å². The van der Waals surface area contributed by atoms with E-state index in [9.17, 15) is 9.59 Å². The van der Waals surface area contributed by atoms with Crippen molar-refractivity contribution in [1.82, 2.24) is 25.0 Å². The van der Waals surface area contributed by atoms with Crippen LogP contribution >= 0.6 is 0 Å². The third-order valence-electron chi connectivity index (χ3n) is 4.57. The van der Waals surface area contributed by atoms with E-state index in [1.165, 1.54) is 13.3 Å². The van der Waals surface area contributed by atoms with E-state index in [0.29, 0.717) is 30.2 Å². The monoisotopic (exact) mass is 341 g/mol. The van der Waals surface area contributed by atoms with E-state index in [1.54, 1.807) is 28.8 Å². The molecule has 0 spiro atoms. The number of ether oxygens (including phenoxy) is 1. The standard InChI is InChI=1S/C17H19N5O3/c1-21-13-9-22(17(24)10-3-6-14(25-2)18-7-10)8-12(13)15(20-21)16(23)19-11-4-5-11/h3,6-7,11H,4-5,8-9H2,1-2H3,(H,19,23). The second-order valence-corrected chi connectivity index (χ2v) is 6.40. The molecule has 0 radical (unpaired) electrons. The minimum atomic E-state index is -0.153. The number of aryl methyl sites for hydroxylation is 1. The summed E-state index contributed by atoms with van der Waals surface area (Å²) in [6.45, 7) is 0.807. The second-order valence-electron chi connectivity index (χ2n) is 6.40. The maximum absolute atomic E-state index is 12.7. The Morgan fingerprint density at radius 3 is 2.72 bits per heavy atom. The van der Waals surface area contributed by atoms with Crippen LogP contribution in [0.2, 0.25) is 0 Å². The van der Waals surface area contributed by atoms with Crippen molar-refractivity contribution in [1.29, 1.82) is 0 Å². The minimum Gasteiger partial charge on any atom is -0.481 e. The summed E-state index contributed by atoms with van der Waals surface area (Å²) in [4.78, 5) is 30.9. The molecular formula is C17H19N5O3. The number of hydrogen-bond acceptors (Lipinski definition) is 5. The third kappa shape index (κ3) is 2.84. The number of nitrogens with zero attached hydrogens (tertiary/aromatic N) is 4. The number of carbonyl (C=O) groups excluding carboxylic acids is 2. The largest absolute Gasteiger partial charge is 0.481 e. The van der Waals surface area contributed by atoms with Crippen molar-refractivity contribution >= 4 is 11.8 Å². The van der Waals surface area contributed by atoms with Gasteiger partial charge in [-0.25, -0.2) is 4.98 Å². The summed E-state index contributed by atoms with van der Waals surface area (Å²) >= 11 is 0. The van der Waals surface area contributed by atoms with E-state index in [4.69, 9.17) is 4.74 Å². The van der Waals surface area contributed by atoms with Crippen molar-refractivity contribution in [3.63, 3.8) is 0 Å². The zero-order valence-electron chi connectivity index (χ0n) is 14.2. The van der Waals surface area contributed by atoms with Crippen LogP contribution < -0.4 is 10.1 Å². The van der Waals surface area contributed by atoms with Gasteiger partial charge in [-0.1, -0.05) is 0 Å². The summed E-state index contributed by atoms with van der Waals surface area (Å²) in [5, 5.41) is 7.30. The molecule has 8 heteroatoms.